The molecule has 3 rings (SSSR count). The van der Waals surface area contributed by atoms with Crippen molar-refractivity contribution in [2.75, 3.05) is 29.8 Å². The molecule has 0 aliphatic carbocycles. The van der Waals surface area contributed by atoms with Gasteiger partial charge in [0.1, 0.15) is 6.54 Å². The Bertz CT molecular complexity index is 1320. The van der Waals surface area contributed by atoms with Crippen molar-refractivity contribution >= 4 is 72.7 Å². The van der Waals surface area contributed by atoms with Crippen molar-refractivity contribution in [1.82, 2.24) is 5.43 Å². The molecule has 0 aliphatic heterocycles. The molecule has 0 saturated carbocycles. The highest BCUT2D eigenvalue weighted by atomic mass is 79.9. The molecule has 7 nitrogen and oxygen atoms in total. The van der Waals surface area contributed by atoms with Crippen LogP contribution in [-0.4, -0.2) is 41.2 Å². The van der Waals surface area contributed by atoms with Crippen LogP contribution in [0.2, 0.25) is 10.0 Å². The lowest BCUT2D eigenvalue weighted by Crippen LogP contribution is -2.39. The van der Waals surface area contributed by atoms with E-state index >= 15 is 0 Å². The van der Waals surface area contributed by atoms with Crippen LogP contribution in [0.3, 0.4) is 0 Å². The smallest absolute Gasteiger partial charge is 0.264 e. The summed E-state index contributed by atoms with van der Waals surface area (Å²) in [5, 5.41) is 4.69. The summed E-state index contributed by atoms with van der Waals surface area (Å²) in [6.07, 6.45) is 1.47. The predicted molar refractivity (Wildman–Crippen MR) is 142 cm³/mol. The topological polar surface area (TPSA) is 82.1 Å². The Kier molecular flexibility index (Phi) is 8.59. The highest BCUT2D eigenvalue weighted by molar-refractivity contribution is 9.10. The molecule has 1 amide bonds. The number of rotatable bonds is 8. The number of carbonyl (C=O) groups is 1. The Morgan fingerprint density at radius 3 is 2.35 bits per heavy atom. The fraction of sp³-hybridized carbons (Fsp3) is 0.130. The molecule has 0 heterocycles. The van der Waals surface area contributed by atoms with Gasteiger partial charge in [0, 0.05) is 28.6 Å². The van der Waals surface area contributed by atoms with Crippen LogP contribution in [-0.2, 0) is 14.8 Å². The maximum atomic E-state index is 13.3. The first-order valence-electron chi connectivity index (χ1n) is 9.90. The van der Waals surface area contributed by atoms with E-state index in [1.165, 1.54) is 36.5 Å². The predicted octanol–water partition coefficient (Wildman–Crippen LogP) is 5.17. The summed E-state index contributed by atoms with van der Waals surface area (Å²) in [6, 6.07) is 17.5. The zero-order valence-electron chi connectivity index (χ0n) is 18.2. The number of amides is 1. The highest BCUT2D eigenvalue weighted by Gasteiger charge is 2.27. The lowest BCUT2D eigenvalue weighted by Gasteiger charge is -2.23. The maximum Gasteiger partial charge on any atom is 0.264 e. The van der Waals surface area contributed by atoms with Crippen LogP contribution in [0.1, 0.15) is 5.56 Å². The Balaban J connectivity index is 1.81. The fourth-order valence-corrected chi connectivity index (χ4v) is 5.47. The van der Waals surface area contributed by atoms with Gasteiger partial charge >= 0.3 is 0 Å². The van der Waals surface area contributed by atoms with Crippen molar-refractivity contribution in [3.8, 4) is 0 Å². The van der Waals surface area contributed by atoms with Crippen LogP contribution in [0.4, 0.5) is 11.4 Å². The monoisotopic (exact) mass is 582 g/mol. The number of halogens is 3. The normalized spacial score (nSPS) is 11.4. The molecule has 0 aromatic heterocycles. The molecular formula is C23H21BrCl2N4O3S. The van der Waals surface area contributed by atoms with Crippen LogP contribution in [0.25, 0.3) is 0 Å². The molecule has 0 fully saturated rings. The van der Waals surface area contributed by atoms with E-state index < -0.39 is 22.5 Å². The second kappa shape index (κ2) is 11.2. The zero-order chi connectivity index (χ0) is 24.9. The van der Waals surface area contributed by atoms with Gasteiger partial charge in [-0.1, -0.05) is 35.3 Å². The van der Waals surface area contributed by atoms with Gasteiger partial charge in [0.2, 0.25) is 0 Å². The van der Waals surface area contributed by atoms with Gasteiger partial charge in [-0.05, 0) is 76.1 Å². The summed E-state index contributed by atoms with van der Waals surface area (Å²) in [6.45, 7) is -0.508. The molecule has 1 N–H and O–H groups in total. The van der Waals surface area contributed by atoms with Crippen LogP contribution >= 0.6 is 39.1 Å². The standard InChI is InChI=1S/C23H21BrCl2N4O3S/c1-29(2)22-11-6-16(12-21(22)24)14-27-28-23(31)15-30(19-5-3-4-18(26)13-19)34(32,33)20-9-7-17(25)8-10-20/h3-14H,15H2,1-2H3,(H,28,31)/b27-14-. The lowest BCUT2D eigenvalue weighted by atomic mass is 10.2. The number of sulfonamides is 1. The molecule has 0 atom stereocenters. The quantitative estimate of drug-likeness (QED) is 0.293. The van der Waals surface area contributed by atoms with Crippen molar-refractivity contribution in [2.45, 2.75) is 4.90 Å². The van der Waals surface area contributed by atoms with E-state index in [1.807, 2.05) is 37.2 Å². The third-order valence-corrected chi connectivity index (χ3v) is 7.55. The molecule has 178 valence electrons. The number of hydrogen-bond acceptors (Lipinski definition) is 5. The van der Waals surface area contributed by atoms with Crippen LogP contribution in [0, 0.1) is 0 Å². The number of benzene rings is 3. The van der Waals surface area contributed by atoms with Gasteiger partial charge in [0.05, 0.1) is 22.5 Å². The Morgan fingerprint density at radius 1 is 1.03 bits per heavy atom. The molecule has 3 aromatic rings. The van der Waals surface area contributed by atoms with Gasteiger partial charge in [-0.15, -0.1) is 0 Å². The average molecular weight is 584 g/mol. The molecule has 34 heavy (non-hydrogen) atoms. The number of hydrazone groups is 1. The van der Waals surface area contributed by atoms with Crippen LogP contribution in [0.15, 0.2) is 81.2 Å². The molecule has 3 aromatic carbocycles. The van der Waals surface area contributed by atoms with Gasteiger partial charge in [-0.25, -0.2) is 13.8 Å². The van der Waals surface area contributed by atoms with Gasteiger partial charge in [-0.3, -0.25) is 9.10 Å². The van der Waals surface area contributed by atoms with E-state index in [0.29, 0.717) is 10.0 Å². The number of nitrogens with zero attached hydrogens (tertiary/aromatic N) is 3. The summed E-state index contributed by atoms with van der Waals surface area (Å²) in [7, 11) is -0.229. The summed E-state index contributed by atoms with van der Waals surface area (Å²) in [5.74, 6) is -0.627. The van der Waals surface area contributed by atoms with Gasteiger partial charge in [0.15, 0.2) is 0 Å². The van der Waals surface area contributed by atoms with E-state index in [2.05, 4.69) is 26.5 Å². The van der Waals surface area contributed by atoms with Crippen molar-refractivity contribution in [1.29, 1.82) is 0 Å². The van der Waals surface area contributed by atoms with Crippen molar-refractivity contribution < 1.29 is 13.2 Å². The van der Waals surface area contributed by atoms with Crippen molar-refractivity contribution in [2.24, 2.45) is 5.10 Å². The molecule has 0 unspecified atom stereocenters. The van der Waals surface area contributed by atoms with E-state index in [1.54, 1.807) is 18.2 Å². The Labute approximate surface area is 217 Å². The summed E-state index contributed by atoms with van der Waals surface area (Å²) in [4.78, 5) is 14.6. The molecule has 0 bridgehead atoms. The number of anilines is 2. The summed E-state index contributed by atoms with van der Waals surface area (Å²) in [5.41, 5.74) is 4.36. The van der Waals surface area contributed by atoms with Gasteiger partial charge in [-0.2, -0.15) is 5.10 Å². The van der Waals surface area contributed by atoms with E-state index in [9.17, 15) is 13.2 Å². The third kappa shape index (κ3) is 6.50. The van der Waals surface area contributed by atoms with Crippen molar-refractivity contribution in [3.05, 3.63) is 86.8 Å². The minimum absolute atomic E-state index is 0.0148. The average Bonchev–Trinajstić information content (AvgIpc) is 2.77. The first-order chi connectivity index (χ1) is 16.1. The van der Waals surface area contributed by atoms with E-state index in [0.717, 1.165) is 20.0 Å². The SMILES string of the molecule is CN(C)c1ccc(/C=N\NC(=O)CN(c2cccc(Cl)c2)S(=O)(=O)c2ccc(Cl)cc2)cc1Br. The van der Waals surface area contributed by atoms with Crippen LogP contribution in [0.5, 0.6) is 0 Å². The Hall–Kier alpha value is -2.59. The zero-order valence-corrected chi connectivity index (χ0v) is 22.2. The molecule has 11 heteroatoms. The van der Waals surface area contributed by atoms with Crippen molar-refractivity contribution in [3.63, 3.8) is 0 Å². The largest absolute Gasteiger partial charge is 0.377 e. The number of carbonyl (C=O) groups excluding carboxylic acids is 1. The lowest BCUT2D eigenvalue weighted by molar-refractivity contribution is -0.119. The number of nitrogens with one attached hydrogen (secondary N) is 1. The van der Waals surface area contributed by atoms with Gasteiger partial charge < -0.3 is 4.90 Å². The molecule has 0 radical (unpaired) electrons. The first kappa shape index (κ1) is 26.0. The van der Waals surface area contributed by atoms with Gasteiger partial charge in [0.25, 0.3) is 15.9 Å². The number of hydrogen-bond donors (Lipinski definition) is 1. The minimum Gasteiger partial charge on any atom is -0.377 e. The third-order valence-electron chi connectivity index (χ3n) is 4.64. The highest BCUT2D eigenvalue weighted by Crippen LogP contribution is 2.27. The first-order valence-corrected chi connectivity index (χ1v) is 12.9. The van der Waals surface area contributed by atoms with E-state index in [4.69, 9.17) is 23.2 Å². The fourth-order valence-electron chi connectivity index (χ4n) is 2.99. The minimum atomic E-state index is -4.09. The molecule has 0 saturated heterocycles. The molecule has 0 aliphatic rings. The maximum absolute atomic E-state index is 13.3. The van der Waals surface area contributed by atoms with E-state index in [-0.39, 0.29) is 10.6 Å². The second-order valence-electron chi connectivity index (χ2n) is 7.34. The molecular weight excluding hydrogens is 563 g/mol. The van der Waals surface area contributed by atoms with Crippen LogP contribution < -0.4 is 14.6 Å². The molecule has 0 spiro atoms. The summed E-state index contributed by atoms with van der Waals surface area (Å²) >= 11 is 15.5. The Morgan fingerprint density at radius 2 is 1.74 bits per heavy atom. The summed E-state index contributed by atoms with van der Waals surface area (Å²) < 4.78 is 28.5. The second-order valence-corrected chi connectivity index (χ2v) is 10.9.